The number of hydrogen-bond acceptors (Lipinski definition) is 4. The van der Waals surface area contributed by atoms with E-state index >= 15 is 0 Å². The zero-order valence-corrected chi connectivity index (χ0v) is 16.9. The van der Waals surface area contributed by atoms with Gasteiger partial charge in [0.15, 0.2) is 5.76 Å². The average molecular weight is 387 g/mol. The third-order valence-electron chi connectivity index (χ3n) is 4.84. The van der Waals surface area contributed by atoms with Gasteiger partial charge in [-0.2, -0.15) is 0 Å². The SMILES string of the molecule is CC[C@H]1S[C@@H](c2ccc(C)cc2)N(CCCN(C)C(=O)c2ccco2)C1=O. The number of aryl methyl sites for hydroxylation is 1. The minimum atomic E-state index is -0.136. The Morgan fingerprint density at radius 2 is 2.00 bits per heavy atom. The van der Waals surface area contributed by atoms with Gasteiger partial charge in [-0.15, -0.1) is 11.8 Å². The molecular weight excluding hydrogens is 360 g/mol. The Balaban J connectivity index is 1.63. The molecule has 0 N–H and O–H groups in total. The van der Waals surface area contributed by atoms with Gasteiger partial charge in [-0.3, -0.25) is 9.59 Å². The van der Waals surface area contributed by atoms with E-state index in [9.17, 15) is 9.59 Å². The predicted molar refractivity (Wildman–Crippen MR) is 108 cm³/mol. The summed E-state index contributed by atoms with van der Waals surface area (Å²) < 4.78 is 5.17. The zero-order chi connectivity index (χ0) is 19.4. The number of hydrogen-bond donors (Lipinski definition) is 0. The Morgan fingerprint density at radius 3 is 2.63 bits per heavy atom. The Bertz CT molecular complexity index is 773. The standard InChI is InChI=1S/C21H26N2O3S/c1-4-18-20(25)23(21(27-18)16-10-8-15(2)9-11-16)13-6-12-22(3)19(24)17-7-5-14-26-17/h5,7-11,14,18,21H,4,6,12-13H2,1-3H3/t18-,21+/m1/s1. The van der Waals surface area contributed by atoms with Gasteiger partial charge in [0.2, 0.25) is 5.91 Å². The van der Waals surface area contributed by atoms with E-state index in [0.29, 0.717) is 18.8 Å². The van der Waals surface area contributed by atoms with Crippen molar-refractivity contribution in [3.63, 3.8) is 0 Å². The highest BCUT2D eigenvalue weighted by molar-refractivity contribution is 8.01. The summed E-state index contributed by atoms with van der Waals surface area (Å²) in [5, 5.41) is 0.0629. The molecule has 0 saturated carbocycles. The number of thioether (sulfide) groups is 1. The molecule has 2 atom stereocenters. The molecule has 1 aliphatic rings. The lowest BCUT2D eigenvalue weighted by Crippen LogP contribution is -2.35. The van der Waals surface area contributed by atoms with Crippen LogP contribution < -0.4 is 0 Å². The van der Waals surface area contributed by atoms with Crippen molar-refractivity contribution in [3.8, 4) is 0 Å². The second-order valence-corrected chi connectivity index (χ2v) is 8.17. The van der Waals surface area contributed by atoms with Crippen molar-refractivity contribution in [2.24, 2.45) is 0 Å². The van der Waals surface area contributed by atoms with Crippen LogP contribution in [0.3, 0.4) is 0 Å². The Labute approximate surface area is 164 Å². The fourth-order valence-corrected chi connectivity index (χ4v) is 4.67. The van der Waals surface area contributed by atoms with Crippen molar-refractivity contribution in [2.45, 2.75) is 37.3 Å². The fraction of sp³-hybridized carbons (Fsp3) is 0.429. The molecule has 1 fully saturated rings. The number of carbonyl (C=O) groups excluding carboxylic acids is 2. The molecule has 2 aromatic rings. The van der Waals surface area contributed by atoms with Crippen LogP contribution in [-0.4, -0.2) is 47.0 Å². The Hall–Kier alpha value is -2.21. The normalized spacial score (nSPS) is 19.5. The van der Waals surface area contributed by atoms with Crippen molar-refractivity contribution in [2.75, 3.05) is 20.1 Å². The second-order valence-electron chi connectivity index (χ2n) is 6.89. The molecule has 0 bridgehead atoms. The maximum absolute atomic E-state index is 12.8. The fourth-order valence-electron chi connectivity index (χ4n) is 3.24. The number of amides is 2. The maximum atomic E-state index is 12.8. The van der Waals surface area contributed by atoms with Crippen LogP contribution >= 0.6 is 11.8 Å². The van der Waals surface area contributed by atoms with Gasteiger partial charge in [0.25, 0.3) is 5.91 Å². The summed E-state index contributed by atoms with van der Waals surface area (Å²) in [6.07, 6.45) is 3.06. The predicted octanol–water partition coefficient (Wildman–Crippen LogP) is 4.10. The third-order valence-corrected chi connectivity index (χ3v) is 6.49. The van der Waals surface area contributed by atoms with Crippen molar-refractivity contribution in [3.05, 3.63) is 59.5 Å². The first-order valence-electron chi connectivity index (χ1n) is 9.32. The Kier molecular flexibility index (Phi) is 6.26. The molecular formula is C21H26N2O3S. The van der Waals surface area contributed by atoms with E-state index in [4.69, 9.17) is 4.42 Å². The summed E-state index contributed by atoms with van der Waals surface area (Å²) in [5.74, 6) is 0.408. The molecule has 0 unspecified atom stereocenters. The van der Waals surface area contributed by atoms with Crippen LogP contribution in [0.4, 0.5) is 0 Å². The Morgan fingerprint density at radius 1 is 1.26 bits per heavy atom. The van der Waals surface area contributed by atoms with E-state index in [2.05, 4.69) is 38.1 Å². The summed E-state index contributed by atoms with van der Waals surface area (Å²) in [6.45, 7) is 5.33. The quantitative estimate of drug-likeness (QED) is 0.719. The van der Waals surface area contributed by atoms with E-state index in [0.717, 1.165) is 18.4 Å². The van der Waals surface area contributed by atoms with Crippen LogP contribution in [0.1, 0.15) is 46.8 Å². The monoisotopic (exact) mass is 386 g/mol. The molecule has 5 nitrogen and oxygen atoms in total. The van der Waals surface area contributed by atoms with Crippen LogP contribution in [0.25, 0.3) is 0 Å². The van der Waals surface area contributed by atoms with E-state index in [1.54, 1.807) is 35.8 Å². The number of carbonyl (C=O) groups is 2. The molecule has 1 aliphatic heterocycles. The van der Waals surface area contributed by atoms with Crippen molar-refractivity contribution < 1.29 is 14.0 Å². The van der Waals surface area contributed by atoms with Gasteiger partial charge in [-0.1, -0.05) is 36.8 Å². The molecule has 6 heteroatoms. The van der Waals surface area contributed by atoms with E-state index in [-0.39, 0.29) is 22.4 Å². The first-order valence-corrected chi connectivity index (χ1v) is 10.3. The lowest BCUT2D eigenvalue weighted by molar-refractivity contribution is -0.130. The summed E-state index contributed by atoms with van der Waals surface area (Å²) in [6, 6.07) is 11.8. The van der Waals surface area contributed by atoms with E-state index in [1.807, 2.05) is 4.90 Å². The molecule has 2 amide bonds. The van der Waals surface area contributed by atoms with Crippen LogP contribution in [0.2, 0.25) is 0 Å². The smallest absolute Gasteiger partial charge is 0.289 e. The lowest BCUT2D eigenvalue weighted by atomic mass is 10.1. The van der Waals surface area contributed by atoms with Crippen LogP contribution in [0.15, 0.2) is 47.1 Å². The molecule has 1 aromatic heterocycles. The molecule has 144 valence electrons. The number of benzene rings is 1. The molecule has 1 aromatic carbocycles. The third kappa shape index (κ3) is 4.38. The van der Waals surface area contributed by atoms with Crippen LogP contribution in [-0.2, 0) is 4.79 Å². The van der Waals surface area contributed by atoms with Gasteiger partial charge < -0.3 is 14.2 Å². The first kappa shape index (κ1) is 19.5. The number of furan rings is 1. The number of nitrogens with zero attached hydrogens (tertiary/aromatic N) is 2. The molecule has 2 heterocycles. The van der Waals surface area contributed by atoms with Crippen LogP contribution in [0, 0.1) is 6.92 Å². The van der Waals surface area contributed by atoms with Gasteiger partial charge in [0.1, 0.15) is 5.37 Å². The summed E-state index contributed by atoms with van der Waals surface area (Å²) in [5.41, 5.74) is 2.37. The highest BCUT2D eigenvalue weighted by atomic mass is 32.2. The summed E-state index contributed by atoms with van der Waals surface area (Å²) in [7, 11) is 1.76. The second kappa shape index (κ2) is 8.65. The number of rotatable bonds is 7. The van der Waals surface area contributed by atoms with Gasteiger partial charge in [0, 0.05) is 20.1 Å². The minimum Gasteiger partial charge on any atom is -0.459 e. The highest BCUT2D eigenvalue weighted by Gasteiger charge is 2.39. The van der Waals surface area contributed by atoms with Crippen LogP contribution in [0.5, 0.6) is 0 Å². The van der Waals surface area contributed by atoms with Gasteiger partial charge >= 0.3 is 0 Å². The summed E-state index contributed by atoms with van der Waals surface area (Å²) >= 11 is 1.73. The van der Waals surface area contributed by atoms with E-state index in [1.165, 1.54) is 11.8 Å². The van der Waals surface area contributed by atoms with Gasteiger partial charge in [-0.05, 0) is 37.5 Å². The van der Waals surface area contributed by atoms with Gasteiger partial charge in [-0.25, -0.2) is 0 Å². The average Bonchev–Trinajstić information content (AvgIpc) is 3.31. The topological polar surface area (TPSA) is 53.8 Å². The van der Waals surface area contributed by atoms with Gasteiger partial charge in [0.05, 0.1) is 11.5 Å². The molecule has 0 aliphatic carbocycles. The van der Waals surface area contributed by atoms with Crippen molar-refractivity contribution in [1.82, 2.24) is 9.80 Å². The maximum Gasteiger partial charge on any atom is 0.289 e. The van der Waals surface area contributed by atoms with E-state index < -0.39 is 0 Å². The van der Waals surface area contributed by atoms with Crippen molar-refractivity contribution >= 4 is 23.6 Å². The molecule has 0 radical (unpaired) electrons. The molecule has 27 heavy (non-hydrogen) atoms. The van der Waals surface area contributed by atoms with Crippen molar-refractivity contribution in [1.29, 1.82) is 0 Å². The highest BCUT2D eigenvalue weighted by Crippen LogP contribution is 2.44. The molecule has 0 spiro atoms. The minimum absolute atomic E-state index is 0.0128. The molecule has 3 rings (SSSR count). The molecule has 1 saturated heterocycles. The lowest BCUT2D eigenvalue weighted by Gasteiger charge is -2.25. The first-order chi connectivity index (χ1) is 13.0. The zero-order valence-electron chi connectivity index (χ0n) is 16.1. The largest absolute Gasteiger partial charge is 0.459 e. The summed E-state index contributed by atoms with van der Waals surface area (Å²) in [4.78, 5) is 28.7.